The number of anilines is 1. The average Bonchev–Trinajstić information content (AvgIpc) is 3.37. The van der Waals surface area contributed by atoms with Gasteiger partial charge in [-0.3, -0.25) is 19.2 Å². The zero-order chi connectivity index (χ0) is 26.2. The maximum atomic E-state index is 12.5. The number of benzene rings is 2. The highest BCUT2D eigenvalue weighted by atomic mass is 16.5. The smallest absolute Gasteiger partial charge is 0.273 e. The number of carbonyl (C=O) groups is 1. The van der Waals surface area contributed by atoms with Gasteiger partial charge in [0.2, 0.25) is 0 Å². The highest BCUT2D eigenvalue weighted by Crippen LogP contribution is 2.35. The highest BCUT2D eigenvalue weighted by Gasteiger charge is 2.27. The number of hydrogen-bond donors (Lipinski definition) is 0. The Hall–Kier alpha value is -3.91. The molecule has 2 aromatic carbocycles. The van der Waals surface area contributed by atoms with Crippen molar-refractivity contribution in [3.05, 3.63) is 77.5 Å². The lowest BCUT2D eigenvalue weighted by molar-refractivity contribution is 0.0819. The summed E-state index contributed by atoms with van der Waals surface area (Å²) in [5, 5.41) is 1.24. The van der Waals surface area contributed by atoms with Gasteiger partial charge in [0.1, 0.15) is 18.7 Å². The highest BCUT2D eigenvalue weighted by molar-refractivity contribution is 5.93. The quantitative estimate of drug-likeness (QED) is 0.390. The van der Waals surface area contributed by atoms with E-state index in [-0.39, 0.29) is 5.91 Å². The van der Waals surface area contributed by atoms with Crippen molar-refractivity contribution in [2.75, 3.05) is 51.7 Å². The van der Waals surface area contributed by atoms with Gasteiger partial charge >= 0.3 is 0 Å². The van der Waals surface area contributed by atoms with Crippen molar-refractivity contribution in [2.24, 2.45) is 0 Å². The van der Waals surface area contributed by atoms with Gasteiger partial charge in [-0.25, -0.2) is 4.98 Å². The van der Waals surface area contributed by atoms with Crippen LogP contribution in [0.3, 0.4) is 0 Å². The number of hydrogen-bond acceptors (Lipinski definition) is 6. The van der Waals surface area contributed by atoms with Gasteiger partial charge < -0.3 is 14.5 Å². The van der Waals surface area contributed by atoms with Gasteiger partial charge in [0.15, 0.2) is 5.69 Å². The van der Waals surface area contributed by atoms with Gasteiger partial charge in [-0.2, -0.15) is 0 Å². The summed E-state index contributed by atoms with van der Waals surface area (Å²) in [7, 11) is 3.48. The van der Waals surface area contributed by atoms with Crippen LogP contribution in [0, 0.1) is 6.92 Å². The SMILES string of the molecule is Cc1ccc2c(N3CCN(CCCc4cccc5c4OCc4c(C(=O)N(C)C)ncn4-5)CC3)cccc2n1. The van der Waals surface area contributed by atoms with E-state index in [1.54, 1.807) is 25.3 Å². The number of aryl methyl sites for hydroxylation is 2. The van der Waals surface area contributed by atoms with Crippen LogP contribution in [0.1, 0.15) is 33.9 Å². The monoisotopic (exact) mass is 510 g/mol. The molecule has 8 heteroatoms. The Kier molecular flexibility index (Phi) is 6.49. The summed E-state index contributed by atoms with van der Waals surface area (Å²) in [6.45, 7) is 7.61. The molecule has 0 N–H and O–H groups in total. The van der Waals surface area contributed by atoms with Gasteiger partial charge in [-0.15, -0.1) is 0 Å². The second-order valence-corrected chi connectivity index (χ2v) is 10.4. The molecule has 6 rings (SSSR count). The molecule has 2 aliphatic rings. The Morgan fingerprint density at radius 2 is 1.79 bits per heavy atom. The molecule has 0 saturated carbocycles. The normalized spacial score (nSPS) is 15.2. The summed E-state index contributed by atoms with van der Waals surface area (Å²) in [5.74, 6) is 0.806. The van der Waals surface area contributed by atoms with Crippen LogP contribution in [0.4, 0.5) is 5.69 Å². The van der Waals surface area contributed by atoms with E-state index in [1.807, 2.05) is 17.6 Å². The van der Waals surface area contributed by atoms with E-state index in [9.17, 15) is 4.79 Å². The van der Waals surface area contributed by atoms with Crippen LogP contribution >= 0.6 is 0 Å². The summed E-state index contributed by atoms with van der Waals surface area (Å²) in [6.07, 6.45) is 3.76. The molecule has 196 valence electrons. The number of pyridine rings is 1. The van der Waals surface area contributed by atoms with E-state index in [1.165, 1.54) is 16.6 Å². The number of piperazine rings is 1. The summed E-state index contributed by atoms with van der Waals surface area (Å²) >= 11 is 0. The lowest BCUT2D eigenvalue weighted by Crippen LogP contribution is -2.46. The standard InChI is InChI=1S/C30H34N6O2/c1-21-12-13-23-24(32-21)9-5-10-25(23)35-17-15-34(16-18-35)14-6-8-22-7-4-11-26-29(22)38-19-27-28(30(37)33(2)3)31-20-36(26)27/h4-5,7,9-13,20H,6,8,14-19H2,1-3H3. The summed E-state index contributed by atoms with van der Waals surface area (Å²) < 4.78 is 8.20. The van der Waals surface area contributed by atoms with E-state index in [2.05, 4.69) is 57.2 Å². The largest absolute Gasteiger partial charge is 0.485 e. The molecule has 0 atom stereocenters. The number of para-hydroxylation sites is 1. The maximum absolute atomic E-state index is 12.5. The third-order valence-electron chi connectivity index (χ3n) is 7.65. The predicted molar refractivity (Wildman–Crippen MR) is 149 cm³/mol. The van der Waals surface area contributed by atoms with Crippen LogP contribution in [0.15, 0.2) is 54.9 Å². The third kappa shape index (κ3) is 4.49. The summed E-state index contributed by atoms with van der Waals surface area (Å²) in [5.41, 5.74) is 6.85. The molecular formula is C30H34N6O2. The van der Waals surface area contributed by atoms with Crippen molar-refractivity contribution in [3.63, 3.8) is 0 Å². The van der Waals surface area contributed by atoms with E-state index in [4.69, 9.17) is 9.72 Å². The van der Waals surface area contributed by atoms with Crippen molar-refractivity contribution in [1.82, 2.24) is 24.3 Å². The van der Waals surface area contributed by atoms with Gasteiger partial charge in [-0.1, -0.05) is 18.2 Å². The van der Waals surface area contributed by atoms with E-state index >= 15 is 0 Å². The molecule has 0 radical (unpaired) electrons. The first kappa shape index (κ1) is 24.4. The first-order chi connectivity index (χ1) is 18.5. The maximum Gasteiger partial charge on any atom is 0.273 e. The molecule has 0 bridgehead atoms. The van der Waals surface area contributed by atoms with Crippen molar-refractivity contribution >= 4 is 22.5 Å². The van der Waals surface area contributed by atoms with Gasteiger partial charge in [-0.05, 0) is 62.2 Å². The van der Waals surface area contributed by atoms with Crippen LogP contribution in [-0.2, 0) is 13.0 Å². The second kappa shape index (κ2) is 10.1. The number of carbonyl (C=O) groups excluding carboxylic acids is 1. The number of rotatable bonds is 6. The Bertz CT molecular complexity index is 1490. The molecule has 0 spiro atoms. The first-order valence-electron chi connectivity index (χ1n) is 13.4. The number of imidazole rings is 1. The fourth-order valence-electron chi connectivity index (χ4n) is 5.60. The Balaban J connectivity index is 1.08. The van der Waals surface area contributed by atoms with Crippen molar-refractivity contribution in [1.29, 1.82) is 0 Å². The average molecular weight is 511 g/mol. The minimum absolute atomic E-state index is 0.103. The molecule has 1 saturated heterocycles. The van der Waals surface area contributed by atoms with Crippen molar-refractivity contribution in [2.45, 2.75) is 26.4 Å². The van der Waals surface area contributed by atoms with Gasteiger partial charge in [0, 0.05) is 57.0 Å². The molecule has 0 aliphatic carbocycles. The van der Waals surface area contributed by atoms with Crippen LogP contribution in [0.5, 0.6) is 5.75 Å². The lowest BCUT2D eigenvalue weighted by Gasteiger charge is -2.36. The molecule has 1 amide bonds. The fraction of sp³-hybridized carbons (Fsp3) is 0.367. The molecular weight excluding hydrogens is 476 g/mol. The van der Waals surface area contributed by atoms with E-state index in [0.29, 0.717) is 12.3 Å². The number of ether oxygens (including phenoxy) is 1. The molecule has 0 unspecified atom stereocenters. The Morgan fingerprint density at radius 1 is 1.00 bits per heavy atom. The van der Waals surface area contributed by atoms with Gasteiger partial charge in [0.25, 0.3) is 5.91 Å². The summed E-state index contributed by atoms with van der Waals surface area (Å²) in [6, 6.07) is 17.0. The van der Waals surface area contributed by atoms with E-state index < -0.39 is 0 Å². The molecule has 8 nitrogen and oxygen atoms in total. The molecule has 4 heterocycles. The van der Waals surface area contributed by atoms with Crippen LogP contribution in [0.2, 0.25) is 0 Å². The molecule has 38 heavy (non-hydrogen) atoms. The van der Waals surface area contributed by atoms with Crippen molar-refractivity contribution in [3.8, 4) is 11.4 Å². The van der Waals surface area contributed by atoms with E-state index in [0.717, 1.165) is 73.9 Å². The number of fused-ring (bicyclic) bond motifs is 4. The molecule has 4 aromatic rings. The fourth-order valence-corrected chi connectivity index (χ4v) is 5.60. The Morgan fingerprint density at radius 3 is 2.61 bits per heavy atom. The number of nitrogens with zero attached hydrogens (tertiary/aromatic N) is 6. The molecule has 1 fully saturated rings. The zero-order valence-electron chi connectivity index (χ0n) is 22.4. The number of amides is 1. The molecule has 2 aromatic heterocycles. The van der Waals surface area contributed by atoms with Gasteiger partial charge in [0.05, 0.1) is 16.9 Å². The minimum atomic E-state index is -0.103. The molecule has 2 aliphatic heterocycles. The summed E-state index contributed by atoms with van der Waals surface area (Å²) in [4.78, 5) is 28.2. The third-order valence-corrected chi connectivity index (χ3v) is 7.65. The van der Waals surface area contributed by atoms with Crippen LogP contribution < -0.4 is 9.64 Å². The second-order valence-electron chi connectivity index (χ2n) is 10.4. The predicted octanol–water partition coefficient (Wildman–Crippen LogP) is 4.08. The van der Waals surface area contributed by atoms with Crippen molar-refractivity contribution < 1.29 is 9.53 Å². The first-order valence-corrected chi connectivity index (χ1v) is 13.4. The van der Waals surface area contributed by atoms with Crippen LogP contribution in [0.25, 0.3) is 16.6 Å². The minimum Gasteiger partial charge on any atom is -0.485 e. The lowest BCUT2D eigenvalue weighted by atomic mass is 10.1. The van der Waals surface area contributed by atoms with Crippen LogP contribution in [-0.4, -0.2) is 77.1 Å². The topological polar surface area (TPSA) is 66.7 Å². The number of aromatic nitrogens is 3. The zero-order valence-corrected chi connectivity index (χ0v) is 22.4. The Labute approximate surface area is 223 Å².